The van der Waals surface area contributed by atoms with Crippen molar-refractivity contribution in [2.45, 2.75) is 13.0 Å². The summed E-state index contributed by atoms with van der Waals surface area (Å²) in [7, 11) is 0. The lowest BCUT2D eigenvalue weighted by Gasteiger charge is -2.14. The maximum atomic E-state index is 14.2. The molecule has 0 aliphatic rings. The number of halogens is 4. The van der Waals surface area contributed by atoms with E-state index in [1.54, 1.807) is 28.7 Å². The van der Waals surface area contributed by atoms with Crippen LogP contribution in [0.25, 0.3) is 11.3 Å². The van der Waals surface area contributed by atoms with E-state index in [0.29, 0.717) is 0 Å². The molecule has 0 atom stereocenters. The highest BCUT2D eigenvalue weighted by atomic mass is 127. The van der Waals surface area contributed by atoms with E-state index in [0.717, 1.165) is 10.6 Å². The summed E-state index contributed by atoms with van der Waals surface area (Å²) in [5.41, 5.74) is -0.545. The van der Waals surface area contributed by atoms with Crippen molar-refractivity contribution in [2.75, 3.05) is 6.61 Å². The molecular formula is C15H10F3IN2O2. The Morgan fingerprint density at radius 3 is 2.65 bits per heavy atom. The molecule has 0 radical (unpaired) electrons. The van der Waals surface area contributed by atoms with Gasteiger partial charge in [-0.15, -0.1) is 0 Å². The molecule has 0 fully saturated rings. The largest absolute Gasteiger partial charge is 0.479 e. The van der Waals surface area contributed by atoms with Gasteiger partial charge in [-0.25, -0.2) is 13.2 Å². The van der Waals surface area contributed by atoms with Gasteiger partial charge in [-0.2, -0.15) is 5.26 Å². The van der Waals surface area contributed by atoms with Gasteiger partial charge in [0.25, 0.3) is 12.0 Å². The Morgan fingerprint density at radius 2 is 2.04 bits per heavy atom. The van der Waals surface area contributed by atoms with Crippen LogP contribution in [0.3, 0.4) is 0 Å². The lowest BCUT2D eigenvalue weighted by Crippen LogP contribution is -2.26. The Balaban J connectivity index is 2.52. The Kier molecular flexibility index (Phi) is 5.65. The summed E-state index contributed by atoms with van der Waals surface area (Å²) in [6.45, 7) is -1.06. The number of nitriles is 1. The molecule has 0 amide bonds. The Hall–Kier alpha value is -2.02. The molecule has 1 aromatic heterocycles. The van der Waals surface area contributed by atoms with Crippen LogP contribution in [0.15, 0.2) is 35.1 Å². The molecule has 120 valence electrons. The number of hydrogen-bond acceptors (Lipinski definition) is 3. The van der Waals surface area contributed by atoms with Crippen molar-refractivity contribution < 1.29 is 17.9 Å². The van der Waals surface area contributed by atoms with Gasteiger partial charge in [0.05, 0.1) is 15.8 Å². The van der Waals surface area contributed by atoms with Gasteiger partial charge < -0.3 is 9.30 Å². The van der Waals surface area contributed by atoms with E-state index in [1.165, 1.54) is 24.3 Å². The van der Waals surface area contributed by atoms with E-state index in [4.69, 9.17) is 10.00 Å². The van der Waals surface area contributed by atoms with Crippen LogP contribution < -0.4 is 10.3 Å². The second-order valence-electron chi connectivity index (χ2n) is 4.46. The summed E-state index contributed by atoms with van der Waals surface area (Å²) >= 11 is 1.74. The normalized spacial score (nSPS) is 10.6. The Labute approximate surface area is 143 Å². The van der Waals surface area contributed by atoms with E-state index in [2.05, 4.69) is 0 Å². The third-order valence-corrected chi connectivity index (χ3v) is 3.79. The number of ether oxygens (including phenoxy) is 1. The highest BCUT2D eigenvalue weighted by molar-refractivity contribution is 14.1. The molecule has 0 saturated carbocycles. The highest BCUT2D eigenvalue weighted by Crippen LogP contribution is 2.26. The fourth-order valence-corrected chi connectivity index (χ4v) is 2.49. The van der Waals surface area contributed by atoms with Gasteiger partial charge >= 0.3 is 0 Å². The van der Waals surface area contributed by atoms with Gasteiger partial charge in [0.2, 0.25) is 0 Å². The molecule has 2 rings (SSSR count). The quantitative estimate of drug-likeness (QED) is 0.678. The van der Waals surface area contributed by atoms with Crippen LogP contribution in [0.2, 0.25) is 0 Å². The van der Waals surface area contributed by atoms with Crippen molar-refractivity contribution in [1.29, 1.82) is 5.26 Å². The SMILES string of the molecule is N#CCOc1ccc(-c2ccc(I)c(=O)n2CC(F)F)c(F)c1. The van der Waals surface area contributed by atoms with Crippen LogP contribution in [0.1, 0.15) is 0 Å². The number of pyridine rings is 1. The van der Waals surface area contributed by atoms with E-state index < -0.39 is 24.3 Å². The fraction of sp³-hybridized carbons (Fsp3) is 0.200. The molecular weight excluding hydrogens is 424 g/mol. The van der Waals surface area contributed by atoms with Crippen molar-refractivity contribution in [3.05, 3.63) is 50.1 Å². The first-order chi connectivity index (χ1) is 10.9. The Morgan fingerprint density at radius 1 is 1.30 bits per heavy atom. The minimum absolute atomic E-state index is 0.00320. The summed E-state index contributed by atoms with van der Waals surface area (Å²) in [6, 6.07) is 8.39. The van der Waals surface area contributed by atoms with E-state index in [1.807, 2.05) is 0 Å². The Bertz CT molecular complexity index is 815. The standard InChI is InChI=1S/C15H10F3IN2O2/c16-11-7-9(23-6-5-20)1-2-10(11)13-4-3-12(19)15(22)21(13)8-14(17)18/h1-4,7,14H,6,8H2. The molecule has 4 nitrogen and oxygen atoms in total. The molecule has 0 aliphatic heterocycles. The van der Waals surface area contributed by atoms with Crippen LogP contribution in [0.4, 0.5) is 13.2 Å². The molecule has 0 spiro atoms. The van der Waals surface area contributed by atoms with Gasteiger partial charge in [-0.1, -0.05) is 0 Å². The molecule has 1 aromatic carbocycles. The first-order valence-corrected chi connectivity index (χ1v) is 7.49. The summed E-state index contributed by atoms with van der Waals surface area (Å²) in [4.78, 5) is 12.1. The fourth-order valence-electron chi connectivity index (χ4n) is 2.02. The molecule has 0 N–H and O–H groups in total. The number of benzene rings is 1. The van der Waals surface area contributed by atoms with Crippen molar-refractivity contribution in [1.82, 2.24) is 4.57 Å². The van der Waals surface area contributed by atoms with Gasteiger partial charge in [0.15, 0.2) is 6.61 Å². The number of hydrogen-bond donors (Lipinski definition) is 0. The minimum atomic E-state index is -2.74. The zero-order valence-corrected chi connectivity index (χ0v) is 13.8. The van der Waals surface area contributed by atoms with Crippen LogP contribution in [0.5, 0.6) is 5.75 Å². The van der Waals surface area contributed by atoms with Crippen molar-refractivity contribution in [2.24, 2.45) is 0 Å². The lowest BCUT2D eigenvalue weighted by atomic mass is 10.1. The van der Waals surface area contributed by atoms with Gasteiger partial charge in [-0.05, 0) is 46.9 Å². The van der Waals surface area contributed by atoms with E-state index >= 15 is 0 Å². The average Bonchev–Trinajstić information content (AvgIpc) is 2.50. The first kappa shape index (κ1) is 17.3. The van der Waals surface area contributed by atoms with Crippen LogP contribution in [-0.4, -0.2) is 17.6 Å². The molecule has 0 aliphatic carbocycles. The summed E-state index contributed by atoms with van der Waals surface area (Å²) in [6.07, 6.45) is -2.74. The maximum Gasteiger partial charge on any atom is 0.264 e. The van der Waals surface area contributed by atoms with Gasteiger partial charge in [0, 0.05) is 11.6 Å². The smallest absolute Gasteiger partial charge is 0.264 e. The predicted molar refractivity (Wildman–Crippen MR) is 85.9 cm³/mol. The number of nitrogens with zero attached hydrogens (tertiary/aromatic N) is 2. The van der Waals surface area contributed by atoms with E-state index in [9.17, 15) is 18.0 Å². The maximum absolute atomic E-state index is 14.2. The third kappa shape index (κ3) is 4.04. The number of aromatic nitrogens is 1. The summed E-state index contributed by atoms with van der Waals surface area (Å²) < 4.78 is 45.8. The predicted octanol–water partition coefficient (Wildman–Crippen LogP) is 3.43. The third-order valence-electron chi connectivity index (χ3n) is 2.97. The van der Waals surface area contributed by atoms with Crippen LogP contribution in [0, 0.1) is 20.7 Å². The molecule has 0 bridgehead atoms. The van der Waals surface area contributed by atoms with Crippen molar-refractivity contribution in [3.8, 4) is 23.1 Å². The molecule has 8 heteroatoms. The minimum Gasteiger partial charge on any atom is -0.479 e. The molecule has 1 heterocycles. The molecule has 0 unspecified atom stereocenters. The van der Waals surface area contributed by atoms with Crippen molar-refractivity contribution >= 4 is 22.6 Å². The number of rotatable bonds is 5. The zero-order valence-electron chi connectivity index (χ0n) is 11.6. The summed E-state index contributed by atoms with van der Waals surface area (Å²) in [5, 5.41) is 8.43. The van der Waals surface area contributed by atoms with Gasteiger partial charge in [-0.3, -0.25) is 4.79 Å². The van der Waals surface area contributed by atoms with Crippen LogP contribution >= 0.6 is 22.6 Å². The summed E-state index contributed by atoms with van der Waals surface area (Å²) in [5.74, 6) is -0.592. The van der Waals surface area contributed by atoms with Gasteiger partial charge in [0.1, 0.15) is 17.6 Å². The van der Waals surface area contributed by atoms with E-state index in [-0.39, 0.29) is 27.2 Å². The molecule has 0 saturated heterocycles. The first-order valence-electron chi connectivity index (χ1n) is 6.41. The zero-order chi connectivity index (χ0) is 17.0. The molecule has 2 aromatic rings. The lowest BCUT2D eigenvalue weighted by molar-refractivity contribution is 0.125. The average molecular weight is 434 g/mol. The number of alkyl halides is 2. The topological polar surface area (TPSA) is 55.0 Å². The van der Waals surface area contributed by atoms with Crippen molar-refractivity contribution in [3.63, 3.8) is 0 Å². The highest BCUT2D eigenvalue weighted by Gasteiger charge is 2.16. The molecule has 23 heavy (non-hydrogen) atoms. The second-order valence-corrected chi connectivity index (χ2v) is 5.62. The second kappa shape index (κ2) is 7.50. The monoisotopic (exact) mass is 434 g/mol. The van der Waals surface area contributed by atoms with Crippen LogP contribution in [-0.2, 0) is 6.54 Å².